The second-order valence-electron chi connectivity index (χ2n) is 7.19. The Labute approximate surface area is 152 Å². The van der Waals surface area contributed by atoms with E-state index < -0.39 is 0 Å². The predicted molar refractivity (Wildman–Crippen MR) is 96.0 cm³/mol. The SMILES string of the molecule is Cc1noc(C)c1C(=O)N1CC2(C1)OCCC2CCNc1ccccn1. The van der Waals surface area contributed by atoms with Crippen molar-refractivity contribution in [2.45, 2.75) is 32.3 Å². The van der Waals surface area contributed by atoms with E-state index in [0.29, 0.717) is 36.0 Å². The molecule has 4 rings (SSSR count). The van der Waals surface area contributed by atoms with E-state index in [9.17, 15) is 4.79 Å². The zero-order chi connectivity index (χ0) is 18.1. The molecule has 0 aliphatic carbocycles. The first-order valence-electron chi connectivity index (χ1n) is 9.10. The normalized spacial score (nSPS) is 21.0. The van der Waals surface area contributed by atoms with Gasteiger partial charge >= 0.3 is 0 Å². The van der Waals surface area contributed by atoms with Gasteiger partial charge in [-0.2, -0.15) is 0 Å². The van der Waals surface area contributed by atoms with Crippen molar-refractivity contribution in [2.75, 3.05) is 31.6 Å². The average molecular weight is 356 g/mol. The van der Waals surface area contributed by atoms with Crippen molar-refractivity contribution in [2.24, 2.45) is 5.92 Å². The number of carbonyl (C=O) groups excluding carboxylic acids is 1. The Hall–Kier alpha value is -2.41. The van der Waals surface area contributed by atoms with Crippen LogP contribution in [0.1, 0.15) is 34.7 Å². The Balaban J connectivity index is 1.34. The molecule has 2 saturated heterocycles. The molecule has 4 heterocycles. The Bertz CT molecular complexity index is 764. The fourth-order valence-electron chi connectivity index (χ4n) is 4.07. The van der Waals surface area contributed by atoms with Crippen molar-refractivity contribution in [3.63, 3.8) is 0 Å². The first-order chi connectivity index (χ1) is 12.6. The fourth-order valence-corrected chi connectivity index (χ4v) is 4.07. The van der Waals surface area contributed by atoms with E-state index in [4.69, 9.17) is 9.26 Å². The molecule has 2 aliphatic rings. The molecule has 7 heteroatoms. The average Bonchev–Trinajstić information content (AvgIpc) is 3.17. The van der Waals surface area contributed by atoms with Gasteiger partial charge in [0.2, 0.25) is 0 Å². The van der Waals surface area contributed by atoms with Crippen LogP contribution in [0.4, 0.5) is 5.82 Å². The molecule has 1 N–H and O–H groups in total. The number of amides is 1. The van der Waals surface area contributed by atoms with Crippen molar-refractivity contribution >= 4 is 11.7 Å². The molecule has 1 atom stereocenters. The first-order valence-corrected chi connectivity index (χ1v) is 9.10. The van der Waals surface area contributed by atoms with E-state index in [1.54, 1.807) is 20.0 Å². The molecular formula is C19H24N4O3. The van der Waals surface area contributed by atoms with Crippen molar-refractivity contribution < 1.29 is 14.1 Å². The number of aryl methyl sites for hydroxylation is 2. The molecule has 1 amide bonds. The molecule has 2 aliphatic heterocycles. The van der Waals surface area contributed by atoms with E-state index >= 15 is 0 Å². The molecule has 2 aromatic rings. The number of rotatable bonds is 5. The smallest absolute Gasteiger partial charge is 0.259 e. The molecular weight excluding hydrogens is 332 g/mol. The highest BCUT2D eigenvalue weighted by Crippen LogP contribution is 2.42. The third-order valence-corrected chi connectivity index (χ3v) is 5.52. The van der Waals surface area contributed by atoms with Gasteiger partial charge in [-0.3, -0.25) is 4.79 Å². The quantitative estimate of drug-likeness (QED) is 0.886. The summed E-state index contributed by atoms with van der Waals surface area (Å²) >= 11 is 0. The van der Waals surface area contributed by atoms with Gasteiger partial charge < -0.3 is 19.5 Å². The lowest BCUT2D eigenvalue weighted by atomic mass is 9.78. The Morgan fingerprint density at radius 2 is 2.23 bits per heavy atom. The lowest BCUT2D eigenvalue weighted by Crippen LogP contribution is -2.66. The molecule has 1 spiro atoms. The molecule has 0 radical (unpaired) electrons. The molecule has 7 nitrogen and oxygen atoms in total. The molecule has 0 aromatic carbocycles. The third kappa shape index (κ3) is 2.96. The summed E-state index contributed by atoms with van der Waals surface area (Å²) in [6.45, 7) is 6.49. The first kappa shape index (κ1) is 17.0. The maximum Gasteiger partial charge on any atom is 0.259 e. The minimum atomic E-state index is -0.194. The van der Waals surface area contributed by atoms with Crippen LogP contribution in [0, 0.1) is 19.8 Å². The predicted octanol–water partition coefficient (Wildman–Crippen LogP) is 2.42. The van der Waals surface area contributed by atoms with Crippen LogP contribution in [0.25, 0.3) is 0 Å². The van der Waals surface area contributed by atoms with Gasteiger partial charge in [-0.1, -0.05) is 11.2 Å². The maximum absolute atomic E-state index is 12.7. The van der Waals surface area contributed by atoms with Crippen LogP contribution in [0.3, 0.4) is 0 Å². The van der Waals surface area contributed by atoms with Gasteiger partial charge in [-0.15, -0.1) is 0 Å². The second-order valence-corrected chi connectivity index (χ2v) is 7.19. The van der Waals surface area contributed by atoms with Gasteiger partial charge in [0, 0.05) is 19.3 Å². The Morgan fingerprint density at radius 3 is 2.92 bits per heavy atom. The van der Waals surface area contributed by atoms with Gasteiger partial charge in [0.1, 0.15) is 22.7 Å². The largest absolute Gasteiger partial charge is 0.371 e. The van der Waals surface area contributed by atoms with Crippen LogP contribution in [0.15, 0.2) is 28.9 Å². The molecule has 2 aromatic heterocycles. The maximum atomic E-state index is 12.7. The van der Waals surface area contributed by atoms with E-state index in [-0.39, 0.29) is 11.5 Å². The standard InChI is InChI=1S/C19H24N4O3/c1-13-17(14(2)26-22-13)18(24)23-11-19(12-23)15(7-10-25-19)6-9-21-16-5-3-4-8-20-16/h3-5,8,15H,6-7,9-12H2,1-2H3,(H,20,21). The lowest BCUT2D eigenvalue weighted by molar-refractivity contribution is -0.117. The van der Waals surface area contributed by atoms with Gasteiger partial charge in [-0.25, -0.2) is 4.98 Å². The summed E-state index contributed by atoms with van der Waals surface area (Å²) in [5, 5.41) is 7.24. The van der Waals surface area contributed by atoms with Crippen molar-refractivity contribution in [3.8, 4) is 0 Å². The topological polar surface area (TPSA) is 80.5 Å². The van der Waals surface area contributed by atoms with Crippen LogP contribution in [-0.4, -0.2) is 52.8 Å². The van der Waals surface area contributed by atoms with Crippen LogP contribution >= 0.6 is 0 Å². The van der Waals surface area contributed by atoms with Crippen molar-refractivity contribution in [1.82, 2.24) is 15.0 Å². The summed E-state index contributed by atoms with van der Waals surface area (Å²) in [4.78, 5) is 18.9. The number of anilines is 1. The van der Waals surface area contributed by atoms with E-state index in [1.807, 2.05) is 23.1 Å². The number of hydrogen-bond acceptors (Lipinski definition) is 6. The fraction of sp³-hybridized carbons (Fsp3) is 0.526. The molecule has 26 heavy (non-hydrogen) atoms. The number of likely N-dealkylation sites (tertiary alicyclic amines) is 1. The Kier molecular flexibility index (Phi) is 4.40. The summed E-state index contributed by atoms with van der Waals surface area (Å²) in [6.07, 6.45) is 3.83. The number of carbonyl (C=O) groups is 1. The second kappa shape index (κ2) is 6.72. The highest BCUT2D eigenvalue weighted by atomic mass is 16.5. The summed E-state index contributed by atoms with van der Waals surface area (Å²) < 4.78 is 11.2. The number of nitrogens with zero attached hydrogens (tertiary/aromatic N) is 3. The molecule has 2 fully saturated rings. The van der Waals surface area contributed by atoms with E-state index in [0.717, 1.165) is 31.8 Å². The van der Waals surface area contributed by atoms with Gasteiger partial charge in [0.25, 0.3) is 5.91 Å². The Morgan fingerprint density at radius 1 is 1.38 bits per heavy atom. The van der Waals surface area contributed by atoms with Crippen LogP contribution in [0.2, 0.25) is 0 Å². The highest BCUT2D eigenvalue weighted by Gasteiger charge is 2.54. The van der Waals surface area contributed by atoms with Crippen LogP contribution < -0.4 is 5.32 Å². The number of hydrogen-bond donors (Lipinski definition) is 1. The monoisotopic (exact) mass is 356 g/mol. The number of pyridine rings is 1. The van der Waals surface area contributed by atoms with E-state index in [2.05, 4.69) is 15.5 Å². The number of nitrogens with one attached hydrogen (secondary N) is 1. The van der Waals surface area contributed by atoms with Crippen LogP contribution in [-0.2, 0) is 4.74 Å². The number of aromatic nitrogens is 2. The van der Waals surface area contributed by atoms with Gasteiger partial charge in [0.05, 0.1) is 18.8 Å². The zero-order valence-corrected chi connectivity index (χ0v) is 15.2. The van der Waals surface area contributed by atoms with Crippen LogP contribution in [0.5, 0.6) is 0 Å². The summed E-state index contributed by atoms with van der Waals surface area (Å²) in [7, 11) is 0. The highest BCUT2D eigenvalue weighted by molar-refractivity contribution is 5.96. The molecule has 0 bridgehead atoms. The minimum absolute atomic E-state index is 0.00673. The van der Waals surface area contributed by atoms with Gasteiger partial charge in [0.15, 0.2) is 0 Å². The van der Waals surface area contributed by atoms with Crippen molar-refractivity contribution in [3.05, 3.63) is 41.4 Å². The summed E-state index contributed by atoms with van der Waals surface area (Å²) in [6, 6.07) is 5.85. The summed E-state index contributed by atoms with van der Waals surface area (Å²) in [5.41, 5.74) is 1.04. The minimum Gasteiger partial charge on any atom is -0.371 e. The zero-order valence-electron chi connectivity index (χ0n) is 15.2. The molecule has 138 valence electrons. The number of ether oxygens (including phenoxy) is 1. The van der Waals surface area contributed by atoms with E-state index in [1.165, 1.54) is 0 Å². The molecule has 1 unspecified atom stereocenters. The third-order valence-electron chi connectivity index (χ3n) is 5.52. The molecule has 0 saturated carbocycles. The van der Waals surface area contributed by atoms with Gasteiger partial charge in [-0.05, 0) is 44.7 Å². The lowest BCUT2D eigenvalue weighted by Gasteiger charge is -2.50. The summed E-state index contributed by atoms with van der Waals surface area (Å²) in [5.74, 6) is 1.92. The van der Waals surface area contributed by atoms with Crippen molar-refractivity contribution in [1.29, 1.82) is 0 Å².